The molecule has 0 bridgehead atoms. The Morgan fingerprint density at radius 2 is 1.80 bits per heavy atom. The predicted octanol–water partition coefficient (Wildman–Crippen LogP) is 3.92. The van der Waals surface area contributed by atoms with Gasteiger partial charge in [0.1, 0.15) is 0 Å². The average Bonchev–Trinajstić information content (AvgIpc) is 2.39. The lowest BCUT2D eigenvalue weighted by Gasteiger charge is -2.09. The van der Waals surface area contributed by atoms with Crippen LogP contribution in [-0.2, 0) is 12.6 Å². The van der Waals surface area contributed by atoms with Crippen LogP contribution >= 0.6 is 11.6 Å². The van der Waals surface area contributed by atoms with Gasteiger partial charge in [0, 0.05) is 11.8 Å². The first-order valence-corrected chi connectivity index (χ1v) is 6.31. The number of benzene rings is 1. The van der Waals surface area contributed by atoms with Gasteiger partial charge in [-0.25, -0.2) is 0 Å². The van der Waals surface area contributed by atoms with E-state index < -0.39 is 11.7 Å². The van der Waals surface area contributed by atoms with Crippen molar-refractivity contribution in [3.8, 4) is 11.3 Å². The highest BCUT2D eigenvalue weighted by Gasteiger charge is 2.31. The number of hydrogen-bond acceptors (Lipinski definition) is 2. The van der Waals surface area contributed by atoms with Crippen LogP contribution in [0.4, 0.5) is 13.2 Å². The zero-order chi connectivity index (χ0) is 14.8. The first kappa shape index (κ1) is 14.8. The van der Waals surface area contributed by atoms with E-state index in [9.17, 15) is 13.2 Å². The molecule has 0 aliphatic rings. The van der Waals surface area contributed by atoms with Crippen LogP contribution in [0.15, 0.2) is 36.5 Å². The van der Waals surface area contributed by atoms with Crippen LogP contribution in [0.1, 0.15) is 11.1 Å². The molecule has 2 nitrogen and oxygen atoms in total. The van der Waals surface area contributed by atoms with Crippen molar-refractivity contribution >= 4 is 11.6 Å². The van der Waals surface area contributed by atoms with Crippen molar-refractivity contribution in [2.45, 2.75) is 12.6 Å². The molecule has 6 heteroatoms. The second-order valence-corrected chi connectivity index (χ2v) is 4.69. The predicted molar refractivity (Wildman–Crippen MR) is 72.4 cm³/mol. The van der Waals surface area contributed by atoms with Gasteiger partial charge in [0.2, 0.25) is 0 Å². The monoisotopic (exact) mass is 300 g/mol. The van der Waals surface area contributed by atoms with E-state index in [4.69, 9.17) is 17.3 Å². The van der Waals surface area contributed by atoms with Gasteiger partial charge in [0.15, 0.2) is 0 Å². The molecule has 2 N–H and O–H groups in total. The van der Waals surface area contributed by atoms with Crippen LogP contribution in [0.2, 0.25) is 5.02 Å². The maximum absolute atomic E-state index is 12.5. The maximum Gasteiger partial charge on any atom is 0.417 e. The molecule has 0 radical (unpaired) electrons. The van der Waals surface area contributed by atoms with Crippen LogP contribution in [0.3, 0.4) is 0 Å². The van der Waals surface area contributed by atoms with Gasteiger partial charge >= 0.3 is 6.18 Å². The molecule has 0 amide bonds. The molecule has 1 aromatic carbocycles. The van der Waals surface area contributed by atoms with Crippen molar-refractivity contribution < 1.29 is 13.2 Å². The Morgan fingerprint density at radius 3 is 2.30 bits per heavy atom. The summed E-state index contributed by atoms with van der Waals surface area (Å²) in [6.45, 7) is 0.540. The van der Waals surface area contributed by atoms with Crippen LogP contribution in [0.25, 0.3) is 11.3 Å². The van der Waals surface area contributed by atoms with Gasteiger partial charge in [0.25, 0.3) is 0 Å². The molecule has 0 fully saturated rings. The van der Waals surface area contributed by atoms with E-state index in [1.54, 1.807) is 12.1 Å². The quantitative estimate of drug-likeness (QED) is 0.933. The molecule has 20 heavy (non-hydrogen) atoms. The molecule has 2 aromatic rings. The summed E-state index contributed by atoms with van der Waals surface area (Å²) in [5.41, 5.74) is 6.65. The zero-order valence-electron chi connectivity index (χ0n) is 10.4. The van der Waals surface area contributed by atoms with Gasteiger partial charge in [-0.05, 0) is 24.6 Å². The molecule has 0 aliphatic carbocycles. The number of aromatic nitrogens is 1. The van der Waals surface area contributed by atoms with Gasteiger partial charge < -0.3 is 5.73 Å². The van der Waals surface area contributed by atoms with Crippen LogP contribution in [0.5, 0.6) is 0 Å². The van der Waals surface area contributed by atoms with E-state index in [0.717, 1.165) is 24.2 Å². The third-order valence-electron chi connectivity index (χ3n) is 2.83. The number of nitrogens with zero attached hydrogens (tertiary/aromatic N) is 1. The first-order chi connectivity index (χ1) is 9.41. The molecular formula is C14H12ClF3N2. The molecule has 0 unspecified atom stereocenters. The normalized spacial score (nSPS) is 11.7. The molecule has 1 heterocycles. The molecule has 0 atom stereocenters. The van der Waals surface area contributed by atoms with E-state index in [-0.39, 0.29) is 5.02 Å². The fourth-order valence-corrected chi connectivity index (χ4v) is 2.08. The molecule has 0 saturated heterocycles. The molecular weight excluding hydrogens is 289 g/mol. The standard InChI is InChI=1S/C14H12ClF3N2/c15-12-7-11(14(16,17)18)8-20-13(12)10-3-1-9(2-4-10)5-6-19/h1-4,7-8H,5-6,19H2. The van der Waals surface area contributed by atoms with E-state index in [0.29, 0.717) is 17.8 Å². The summed E-state index contributed by atoms with van der Waals surface area (Å²) in [5.74, 6) is 0. The molecule has 2 rings (SSSR count). The summed E-state index contributed by atoms with van der Waals surface area (Å²) in [6, 6.07) is 8.15. The first-order valence-electron chi connectivity index (χ1n) is 5.94. The Labute approximate surface area is 119 Å². The molecule has 106 valence electrons. The highest BCUT2D eigenvalue weighted by molar-refractivity contribution is 6.33. The van der Waals surface area contributed by atoms with Crippen molar-refractivity contribution in [3.63, 3.8) is 0 Å². The second-order valence-electron chi connectivity index (χ2n) is 4.29. The minimum atomic E-state index is -4.44. The smallest absolute Gasteiger partial charge is 0.330 e. The van der Waals surface area contributed by atoms with Gasteiger partial charge in [-0.1, -0.05) is 35.9 Å². The third kappa shape index (κ3) is 3.29. The number of rotatable bonds is 3. The highest BCUT2D eigenvalue weighted by Crippen LogP contribution is 2.33. The summed E-state index contributed by atoms with van der Waals surface area (Å²) >= 11 is 5.89. The van der Waals surface area contributed by atoms with Crippen molar-refractivity contribution in [3.05, 3.63) is 52.7 Å². The average molecular weight is 301 g/mol. The number of alkyl halides is 3. The van der Waals surface area contributed by atoms with Crippen LogP contribution < -0.4 is 5.73 Å². The van der Waals surface area contributed by atoms with Gasteiger partial charge in [-0.2, -0.15) is 13.2 Å². The summed E-state index contributed by atoms with van der Waals surface area (Å²) in [4.78, 5) is 3.81. The third-order valence-corrected chi connectivity index (χ3v) is 3.12. The number of halogens is 4. The fraction of sp³-hybridized carbons (Fsp3) is 0.214. The maximum atomic E-state index is 12.5. The number of pyridine rings is 1. The lowest BCUT2D eigenvalue weighted by Crippen LogP contribution is -2.06. The van der Waals surface area contributed by atoms with Crippen molar-refractivity contribution in [1.29, 1.82) is 0 Å². The Morgan fingerprint density at radius 1 is 1.15 bits per heavy atom. The topological polar surface area (TPSA) is 38.9 Å². The minimum absolute atomic E-state index is 0.0219. The Balaban J connectivity index is 2.33. The van der Waals surface area contributed by atoms with Gasteiger partial charge in [-0.3, -0.25) is 4.98 Å². The SMILES string of the molecule is NCCc1ccc(-c2ncc(C(F)(F)F)cc2Cl)cc1. The number of hydrogen-bond donors (Lipinski definition) is 1. The summed E-state index contributed by atoms with van der Waals surface area (Å²) in [7, 11) is 0. The summed E-state index contributed by atoms with van der Waals surface area (Å²) < 4.78 is 37.6. The van der Waals surface area contributed by atoms with Crippen LogP contribution in [0, 0.1) is 0 Å². The number of nitrogens with two attached hydrogens (primary N) is 1. The van der Waals surface area contributed by atoms with Gasteiger partial charge in [-0.15, -0.1) is 0 Å². The van der Waals surface area contributed by atoms with E-state index in [1.807, 2.05) is 12.1 Å². The zero-order valence-corrected chi connectivity index (χ0v) is 11.2. The highest BCUT2D eigenvalue weighted by atomic mass is 35.5. The Kier molecular flexibility index (Phi) is 4.30. The van der Waals surface area contributed by atoms with Crippen molar-refractivity contribution in [2.75, 3.05) is 6.54 Å². The Hall–Kier alpha value is -1.59. The van der Waals surface area contributed by atoms with Crippen LogP contribution in [-0.4, -0.2) is 11.5 Å². The van der Waals surface area contributed by atoms with Crippen molar-refractivity contribution in [2.24, 2.45) is 5.73 Å². The molecule has 0 aliphatic heterocycles. The largest absolute Gasteiger partial charge is 0.417 e. The molecule has 1 aromatic heterocycles. The second kappa shape index (κ2) is 5.81. The fourth-order valence-electron chi connectivity index (χ4n) is 1.80. The van der Waals surface area contributed by atoms with Gasteiger partial charge in [0.05, 0.1) is 16.3 Å². The molecule has 0 saturated carbocycles. The lowest BCUT2D eigenvalue weighted by atomic mass is 10.1. The van der Waals surface area contributed by atoms with Crippen molar-refractivity contribution in [1.82, 2.24) is 4.98 Å². The van der Waals surface area contributed by atoms with E-state index in [2.05, 4.69) is 4.98 Å². The summed E-state index contributed by atoms with van der Waals surface area (Å²) in [5, 5.41) is -0.0219. The molecule has 0 spiro atoms. The van der Waals surface area contributed by atoms with E-state index >= 15 is 0 Å². The lowest BCUT2D eigenvalue weighted by molar-refractivity contribution is -0.137. The minimum Gasteiger partial charge on any atom is -0.330 e. The summed E-state index contributed by atoms with van der Waals surface area (Å²) in [6.07, 6.45) is -2.91. The van der Waals surface area contributed by atoms with E-state index in [1.165, 1.54) is 0 Å². The Bertz CT molecular complexity index is 594.